The van der Waals surface area contributed by atoms with Crippen LogP contribution in [0.25, 0.3) is 0 Å². The number of rotatable bonds is 7. The first-order chi connectivity index (χ1) is 9.10. The van der Waals surface area contributed by atoms with Crippen molar-refractivity contribution in [2.75, 3.05) is 23.8 Å². The molecule has 0 fully saturated rings. The second-order valence-electron chi connectivity index (χ2n) is 3.52. The van der Waals surface area contributed by atoms with E-state index in [4.69, 9.17) is 5.84 Å². The molecule has 1 aromatic rings. The molecule has 5 N–H and O–H groups in total. The van der Waals surface area contributed by atoms with E-state index in [1.165, 1.54) is 0 Å². The van der Waals surface area contributed by atoms with Crippen molar-refractivity contribution in [2.45, 2.75) is 13.3 Å². The van der Waals surface area contributed by atoms with Gasteiger partial charge in [-0.3, -0.25) is 14.9 Å². The summed E-state index contributed by atoms with van der Waals surface area (Å²) >= 11 is 0. The van der Waals surface area contributed by atoms with Gasteiger partial charge < -0.3 is 16.1 Å². The molecule has 0 radical (unpaired) electrons. The molecule has 10 nitrogen and oxygen atoms in total. The van der Waals surface area contributed by atoms with Crippen molar-refractivity contribution in [3.8, 4) is 0 Å². The molecular formula is C9H15N7O3. The summed E-state index contributed by atoms with van der Waals surface area (Å²) in [5, 5.41) is 16.1. The average molecular weight is 269 g/mol. The number of aromatic nitrogens is 2. The summed E-state index contributed by atoms with van der Waals surface area (Å²) in [6.07, 6.45) is 1.91. The van der Waals surface area contributed by atoms with E-state index in [-0.39, 0.29) is 24.1 Å². The Bertz CT molecular complexity index is 465. The van der Waals surface area contributed by atoms with Gasteiger partial charge in [-0.1, -0.05) is 6.92 Å². The van der Waals surface area contributed by atoms with Gasteiger partial charge in [0.2, 0.25) is 17.5 Å². The van der Waals surface area contributed by atoms with E-state index < -0.39 is 10.6 Å². The number of nitrogens with one attached hydrogen (secondary N) is 3. The van der Waals surface area contributed by atoms with Crippen LogP contribution in [0.1, 0.15) is 13.3 Å². The lowest BCUT2D eigenvalue weighted by Gasteiger charge is -2.08. The highest BCUT2D eigenvalue weighted by Gasteiger charge is 2.22. The molecule has 0 saturated carbocycles. The quantitative estimate of drug-likeness (QED) is 0.297. The molecule has 1 aromatic heterocycles. The van der Waals surface area contributed by atoms with Crippen LogP contribution in [-0.2, 0) is 4.79 Å². The number of nitrogens with zero attached hydrogens (tertiary/aromatic N) is 3. The smallest absolute Gasteiger partial charge is 0.354 e. The molecule has 0 aliphatic heterocycles. The van der Waals surface area contributed by atoms with Crippen molar-refractivity contribution < 1.29 is 9.72 Å². The summed E-state index contributed by atoms with van der Waals surface area (Å²) in [5.41, 5.74) is 1.70. The second kappa shape index (κ2) is 7.06. The van der Waals surface area contributed by atoms with E-state index in [0.717, 1.165) is 12.7 Å². The fourth-order valence-electron chi connectivity index (χ4n) is 1.28. The molecule has 0 aliphatic carbocycles. The maximum absolute atomic E-state index is 11.4. The lowest BCUT2D eigenvalue weighted by atomic mass is 10.4. The van der Waals surface area contributed by atoms with Gasteiger partial charge >= 0.3 is 5.69 Å². The maximum Gasteiger partial charge on any atom is 0.354 e. The molecule has 104 valence electrons. The summed E-state index contributed by atoms with van der Waals surface area (Å²) in [5.74, 6) is 4.65. The Morgan fingerprint density at radius 3 is 2.74 bits per heavy atom. The number of amides is 1. The fraction of sp³-hybridized carbons (Fsp3) is 0.444. The van der Waals surface area contributed by atoms with Crippen LogP contribution >= 0.6 is 0 Å². The van der Waals surface area contributed by atoms with Crippen molar-refractivity contribution in [3.63, 3.8) is 0 Å². The zero-order valence-electron chi connectivity index (χ0n) is 10.3. The normalized spacial score (nSPS) is 9.79. The van der Waals surface area contributed by atoms with Crippen molar-refractivity contribution in [1.82, 2.24) is 15.3 Å². The van der Waals surface area contributed by atoms with Gasteiger partial charge in [0.15, 0.2) is 0 Å². The molecule has 0 saturated heterocycles. The SMILES string of the molecule is CCCNC(=O)CNc1ncnc(NN)c1[N+](=O)[O-]. The van der Waals surface area contributed by atoms with Crippen molar-refractivity contribution >= 4 is 23.2 Å². The molecule has 1 rings (SSSR count). The molecule has 1 heterocycles. The van der Waals surface area contributed by atoms with Gasteiger partial charge in [0.05, 0.1) is 11.5 Å². The molecule has 1 amide bonds. The standard InChI is InChI=1S/C9H15N7O3/c1-2-3-11-6(17)4-12-8-7(16(18)19)9(15-10)14-5-13-8/h5H,2-4,10H2,1H3,(H,11,17)(H2,12,13,14,15). The number of hydrogen-bond donors (Lipinski definition) is 4. The first-order valence-electron chi connectivity index (χ1n) is 5.56. The summed E-state index contributed by atoms with van der Waals surface area (Å²) in [6.45, 7) is 2.34. The van der Waals surface area contributed by atoms with Gasteiger partial charge in [0.25, 0.3) is 0 Å². The summed E-state index contributed by atoms with van der Waals surface area (Å²) in [4.78, 5) is 29.0. The fourth-order valence-corrected chi connectivity index (χ4v) is 1.28. The summed E-state index contributed by atoms with van der Waals surface area (Å²) in [6, 6.07) is 0. The van der Waals surface area contributed by atoms with E-state index >= 15 is 0 Å². The highest BCUT2D eigenvalue weighted by atomic mass is 16.6. The van der Waals surface area contributed by atoms with Crippen LogP contribution in [0.5, 0.6) is 0 Å². The van der Waals surface area contributed by atoms with Crippen LogP contribution in [0, 0.1) is 10.1 Å². The van der Waals surface area contributed by atoms with Crippen LogP contribution < -0.4 is 21.9 Å². The topological polar surface area (TPSA) is 148 Å². The number of nitrogens with two attached hydrogens (primary N) is 1. The first-order valence-corrected chi connectivity index (χ1v) is 5.56. The number of nitrogen functional groups attached to an aromatic ring is 1. The number of hydrogen-bond acceptors (Lipinski definition) is 8. The molecule has 0 unspecified atom stereocenters. The third-order valence-corrected chi connectivity index (χ3v) is 2.13. The third-order valence-electron chi connectivity index (χ3n) is 2.13. The number of hydrazine groups is 1. The lowest BCUT2D eigenvalue weighted by molar-refractivity contribution is -0.383. The molecule has 19 heavy (non-hydrogen) atoms. The Kier molecular flexibility index (Phi) is 5.41. The van der Waals surface area contributed by atoms with Crippen molar-refractivity contribution in [1.29, 1.82) is 0 Å². The summed E-state index contributed by atoms with van der Waals surface area (Å²) in [7, 11) is 0. The Hall–Kier alpha value is -2.49. The van der Waals surface area contributed by atoms with Gasteiger partial charge in [0.1, 0.15) is 6.33 Å². The molecule has 0 aromatic carbocycles. The summed E-state index contributed by atoms with van der Waals surface area (Å²) < 4.78 is 0. The Morgan fingerprint density at radius 2 is 2.16 bits per heavy atom. The monoisotopic (exact) mass is 269 g/mol. The second-order valence-corrected chi connectivity index (χ2v) is 3.52. The van der Waals surface area contributed by atoms with Crippen molar-refractivity contribution in [3.05, 3.63) is 16.4 Å². The molecule has 0 spiro atoms. The van der Waals surface area contributed by atoms with E-state index in [1.54, 1.807) is 0 Å². The number of carbonyl (C=O) groups excluding carboxylic acids is 1. The predicted octanol–water partition coefficient (Wildman–Crippen LogP) is -0.391. The van der Waals surface area contributed by atoms with E-state index in [0.29, 0.717) is 6.54 Å². The van der Waals surface area contributed by atoms with Crippen molar-refractivity contribution in [2.24, 2.45) is 5.84 Å². The number of carbonyl (C=O) groups is 1. The van der Waals surface area contributed by atoms with Crippen LogP contribution in [0.15, 0.2) is 6.33 Å². The Morgan fingerprint density at radius 1 is 1.47 bits per heavy atom. The molecule has 0 atom stereocenters. The van der Waals surface area contributed by atoms with Gasteiger partial charge in [-0.15, -0.1) is 0 Å². The predicted molar refractivity (Wildman–Crippen MR) is 68.3 cm³/mol. The van der Waals surface area contributed by atoms with E-state index in [1.807, 2.05) is 6.92 Å². The Labute approximate surface area is 108 Å². The minimum absolute atomic E-state index is 0.0698. The van der Waals surface area contributed by atoms with Crippen LogP contribution in [0.2, 0.25) is 0 Å². The third kappa shape index (κ3) is 4.03. The van der Waals surface area contributed by atoms with Gasteiger partial charge in [-0.05, 0) is 6.42 Å². The molecular weight excluding hydrogens is 254 g/mol. The Balaban J connectivity index is 2.78. The number of nitro groups is 1. The van der Waals surface area contributed by atoms with E-state index in [9.17, 15) is 14.9 Å². The van der Waals surface area contributed by atoms with Gasteiger partial charge in [-0.2, -0.15) is 0 Å². The maximum atomic E-state index is 11.4. The largest absolute Gasteiger partial charge is 0.355 e. The van der Waals surface area contributed by atoms with Crippen LogP contribution in [0.4, 0.5) is 17.3 Å². The van der Waals surface area contributed by atoms with Crippen LogP contribution in [0.3, 0.4) is 0 Å². The number of anilines is 2. The van der Waals surface area contributed by atoms with Crippen LogP contribution in [-0.4, -0.2) is 33.9 Å². The minimum atomic E-state index is -0.679. The zero-order valence-corrected chi connectivity index (χ0v) is 10.3. The highest BCUT2D eigenvalue weighted by Crippen LogP contribution is 2.27. The average Bonchev–Trinajstić information content (AvgIpc) is 2.41. The molecule has 0 aliphatic rings. The van der Waals surface area contributed by atoms with Gasteiger partial charge in [-0.25, -0.2) is 15.8 Å². The van der Waals surface area contributed by atoms with E-state index in [2.05, 4.69) is 26.0 Å². The minimum Gasteiger partial charge on any atom is -0.355 e. The zero-order chi connectivity index (χ0) is 14.3. The molecule has 0 bridgehead atoms. The lowest BCUT2D eigenvalue weighted by Crippen LogP contribution is -2.30. The first kappa shape index (κ1) is 14.6. The van der Waals surface area contributed by atoms with Gasteiger partial charge in [0, 0.05) is 6.54 Å². The highest BCUT2D eigenvalue weighted by molar-refractivity contribution is 5.81. The molecule has 10 heteroatoms.